The fourth-order valence-corrected chi connectivity index (χ4v) is 3.03. The fraction of sp³-hybridized carbons (Fsp3) is 0.286. The van der Waals surface area contributed by atoms with Gasteiger partial charge in [-0.1, -0.05) is 36.4 Å². The zero-order valence-corrected chi connectivity index (χ0v) is 15.4. The molecule has 5 nitrogen and oxygen atoms in total. The number of nitrogens with zero attached hydrogens (tertiary/aromatic N) is 2. The number of hydrogen-bond acceptors (Lipinski definition) is 4. The molecule has 0 fully saturated rings. The van der Waals surface area contributed by atoms with E-state index in [1.165, 1.54) is 4.90 Å². The molecule has 0 N–H and O–H groups in total. The number of allylic oxidation sites excluding steroid dienone is 1. The number of Topliss-reactive ketones (excluding diaryl/α,β-unsaturated/α-hetero) is 1. The molecule has 5 heteroatoms. The van der Waals surface area contributed by atoms with E-state index < -0.39 is 5.54 Å². The van der Waals surface area contributed by atoms with Crippen LogP contribution in [0, 0.1) is 6.92 Å². The van der Waals surface area contributed by atoms with Crippen LogP contribution >= 0.6 is 0 Å². The van der Waals surface area contributed by atoms with Crippen molar-refractivity contribution in [2.24, 2.45) is 0 Å². The Morgan fingerprint density at radius 1 is 1.08 bits per heavy atom. The number of amides is 1. The Kier molecular flexibility index (Phi) is 4.64. The first kappa shape index (κ1) is 17.9. The Bertz CT molecular complexity index is 885. The average Bonchev–Trinajstić information content (AvgIpc) is 2.61. The van der Waals surface area contributed by atoms with Gasteiger partial charge < -0.3 is 4.74 Å². The van der Waals surface area contributed by atoms with E-state index in [0.717, 1.165) is 11.3 Å². The molecule has 2 aromatic rings. The number of ketones is 1. The van der Waals surface area contributed by atoms with E-state index in [0.29, 0.717) is 17.0 Å². The van der Waals surface area contributed by atoms with Crippen LogP contribution in [0.25, 0.3) is 5.57 Å². The van der Waals surface area contributed by atoms with Crippen LogP contribution in [-0.4, -0.2) is 33.8 Å². The number of benzene rings is 1. The molecule has 2 heterocycles. The first-order valence-corrected chi connectivity index (χ1v) is 8.52. The largest absolute Gasteiger partial charge is 0.477 e. The second kappa shape index (κ2) is 6.75. The third-order valence-electron chi connectivity index (χ3n) is 4.64. The van der Waals surface area contributed by atoms with Gasteiger partial charge in [-0.3, -0.25) is 14.5 Å². The van der Waals surface area contributed by atoms with Crippen LogP contribution in [0.15, 0.2) is 54.3 Å². The zero-order chi connectivity index (χ0) is 18.9. The Morgan fingerprint density at radius 3 is 2.42 bits per heavy atom. The summed E-state index contributed by atoms with van der Waals surface area (Å²) in [7, 11) is 0. The van der Waals surface area contributed by atoms with Gasteiger partial charge in [0.15, 0.2) is 6.73 Å². The lowest BCUT2D eigenvalue weighted by Gasteiger charge is -2.40. The van der Waals surface area contributed by atoms with E-state index in [4.69, 9.17) is 4.74 Å². The number of rotatable bonds is 4. The monoisotopic (exact) mass is 350 g/mol. The predicted octanol–water partition coefficient (Wildman–Crippen LogP) is 3.60. The Balaban J connectivity index is 1.96. The molecular formula is C21H22N2O3. The van der Waals surface area contributed by atoms with Crippen molar-refractivity contribution in [2.75, 3.05) is 6.73 Å². The normalized spacial score (nSPS) is 15.1. The molecule has 0 unspecified atom stereocenters. The quantitative estimate of drug-likeness (QED) is 0.791. The molecule has 1 aliphatic rings. The number of aryl methyl sites for hydroxylation is 1. The van der Waals surface area contributed by atoms with Gasteiger partial charge in [-0.2, -0.15) is 0 Å². The molecule has 26 heavy (non-hydrogen) atoms. The van der Waals surface area contributed by atoms with Crippen molar-refractivity contribution < 1.29 is 14.3 Å². The van der Waals surface area contributed by atoms with Crippen LogP contribution in [0.3, 0.4) is 0 Å². The van der Waals surface area contributed by atoms with Gasteiger partial charge in [0.2, 0.25) is 5.78 Å². The molecule has 0 saturated carbocycles. The molecule has 0 bridgehead atoms. The Hall–Kier alpha value is -2.95. The van der Waals surface area contributed by atoms with Gasteiger partial charge in [0.05, 0.1) is 5.57 Å². The first-order chi connectivity index (χ1) is 12.3. The van der Waals surface area contributed by atoms with Gasteiger partial charge in [-0.25, -0.2) is 4.98 Å². The third kappa shape index (κ3) is 3.12. The summed E-state index contributed by atoms with van der Waals surface area (Å²) in [6.45, 7) is 7.09. The summed E-state index contributed by atoms with van der Waals surface area (Å²) < 4.78 is 5.74. The van der Waals surface area contributed by atoms with Crippen molar-refractivity contribution in [3.63, 3.8) is 0 Å². The highest BCUT2D eigenvalue weighted by atomic mass is 16.5. The number of aromatic nitrogens is 1. The van der Waals surface area contributed by atoms with E-state index in [1.807, 2.05) is 43.3 Å². The van der Waals surface area contributed by atoms with Crippen LogP contribution in [0.2, 0.25) is 0 Å². The highest BCUT2D eigenvalue weighted by Gasteiger charge is 2.42. The first-order valence-electron chi connectivity index (χ1n) is 8.52. The average molecular weight is 350 g/mol. The summed E-state index contributed by atoms with van der Waals surface area (Å²) in [6, 6.07) is 14.6. The van der Waals surface area contributed by atoms with Crippen LogP contribution in [0.4, 0.5) is 0 Å². The van der Waals surface area contributed by atoms with Crippen LogP contribution in [0.1, 0.15) is 42.5 Å². The molecule has 0 aliphatic carbocycles. The minimum absolute atomic E-state index is 0.0333. The van der Waals surface area contributed by atoms with Crippen LogP contribution in [0.5, 0.6) is 0 Å². The lowest BCUT2D eigenvalue weighted by Crippen LogP contribution is -2.55. The molecule has 1 aromatic heterocycles. The van der Waals surface area contributed by atoms with E-state index in [1.54, 1.807) is 32.9 Å². The molecular weight excluding hydrogens is 328 g/mol. The van der Waals surface area contributed by atoms with Gasteiger partial charge in [0.1, 0.15) is 17.0 Å². The number of carbonyl (C=O) groups is 2. The molecule has 3 rings (SSSR count). The summed E-state index contributed by atoms with van der Waals surface area (Å²) in [5.41, 5.74) is 1.27. The lowest BCUT2D eigenvalue weighted by atomic mass is 9.91. The van der Waals surface area contributed by atoms with Gasteiger partial charge in [-0.15, -0.1) is 0 Å². The van der Waals surface area contributed by atoms with E-state index in [-0.39, 0.29) is 18.4 Å². The van der Waals surface area contributed by atoms with Crippen molar-refractivity contribution in [1.82, 2.24) is 9.88 Å². The molecule has 0 saturated heterocycles. The topological polar surface area (TPSA) is 59.5 Å². The number of carbonyl (C=O) groups excluding carboxylic acids is 2. The van der Waals surface area contributed by atoms with Gasteiger partial charge >= 0.3 is 0 Å². The zero-order valence-electron chi connectivity index (χ0n) is 15.4. The minimum atomic E-state index is -1.08. The van der Waals surface area contributed by atoms with Crippen molar-refractivity contribution in [2.45, 2.75) is 33.2 Å². The van der Waals surface area contributed by atoms with Gasteiger partial charge in [0.25, 0.3) is 5.91 Å². The summed E-state index contributed by atoms with van der Waals surface area (Å²) in [5, 5.41) is 0. The van der Waals surface area contributed by atoms with Crippen LogP contribution < -0.4 is 0 Å². The molecule has 0 spiro atoms. The van der Waals surface area contributed by atoms with Crippen molar-refractivity contribution in [1.29, 1.82) is 0 Å². The van der Waals surface area contributed by atoms with Crippen molar-refractivity contribution in [3.8, 4) is 0 Å². The highest BCUT2D eigenvalue weighted by Crippen LogP contribution is 2.31. The fourth-order valence-electron chi connectivity index (χ4n) is 3.03. The maximum atomic E-state index is 13.2. The molecule has 134 valence electrons. The standard InChI is InChI=1S/C21H22N2O3/c1-14-9-8-12-17(22-14)19(24)21(3,4)23-13-26-15(2)18(20(23)25)16-10-6-5-7-11-16/h5-12H,13H2,1-4H3. The SMILES string of the molecule is CC1=C(c2ccccc2)C(=O)N(C(C)(C)C(=O)c2cccc(C)n2)CO1. The maximum Gasteiger partial charge on any atom is 0.261 e. The van der Waals surface area contributed by atoms with Gasteiger partial charge in [0, 0.05) is 5.69 Å². The lowest BCUT2D eigenvalue weighted by molar-refractivity contribution is -0.136. The molecule has 1 aliphatic heterocycles. The third-order valence-corrected chi connectivity index (χ3v) is 4.64. The summed E-state index contributed by atoms with van der Waals surface area (Å²) >= 11 is 0. The van der Waals surface area contributed by atoms with E-state index in [9.17, 15) is 9.59 Å². The Morgan fingerprint density at radius 2 is 1.77 bits per heavy atom. The predicted molar refractivity (Wildman–Crippen MR) is 99.2 cm³/mol. The minimum Gasteiger partial charge on any atom is -0.477 e. The molecule has 0 radical (unpaired) electrons. The summed E-state index contributed by atoms with van der Waals surface area (Å²) in [6.07, 6.45) is 0. The summed E-state index contributed by atoms with van der Waals surface area (Å²) in [5.74, 6) is 0.130. The van der Waals surface area contributed by atoms with E-state index >= 15 is 0 Å². The molecule has 1 amide bonds. The van der Waals surface area contributed by atoms with E-state index in [2.05, 4.69) is 4.98 Å². The smallest absolute Gasteiger partial charge is 0.261 e. The van der Waals surface area contributed by atoms with Gasteiger partial charge in [-0.05, 0) is 45.4 Å². The second-order valence-corrected chi connectivity index (χ2v) is 6.86. The number of ether oxygens (including phenoxy) is 1. The van der Waals surface area contributed by atoms with Crippen LogP contribution in [-0.2, 0) is 9.53 Å². The van der Waals surface area contributed by atoms with Crippen molar-refractivity contribution in [3.05, 3.63) is 71.2 Å². The number of hydrogen-bond donors (Lipinski definition) is 0. The highest BCUT2D eigenvalue weighted by molar-refractivity contribution is 6.22. The maximum absolute atomic E-state index is 13.2. The Labute approximate surface area is 153 Å². The van der Waals surface area contributed by atoms with Crippen molar-refractivity contribution >= 4 is 17.3 Å². The molecule has 0 atom stereocenters. The summed E-state index contributed by atoms with van der Waals surface area (Å²) in [4.78, 5) is 32.0. The number of pyridine rings is 1. The second-order valence-electron chi connectivity index (χ2n) is 6.86. The molecule has 1 aromatic carbocycles.